The van der Waals surface area contributed by atoms with Gasteiger partial charge >= 0.3 is 5.97 Å². The van der Waals surface area contributed by atoms with Gasteiger partial charge in [0.15, 0.2) is 0 Å². The normalized spacial score (nSPS) is 10.8. The van der Waals surface area contributed by atoms with Crippen molar-refractivity contribution in [1.82, 2.24) is 0 Å². The van der Waals surface area contributed by atoms with Gasteiger partial charge in [-0.05, 0) is 0 Å². The molecular formula is C12H25NO7. The van der Waals surface area contributed by atoms with Crippen LogP contribution in [-0.4, -0.2) is 83.7 Å². The average Bonchev–Trinajstić information content (AvgIpc) is 2.43. The van der Waals surface area contributed by atoms with Gasteiger partial charge in [-0.1, -0.05) is 0 Å². The fourth-order valence-electron chi connectivity index (χ4n) is 1.12. The molecule has 0 aliphatic rings. The number of aliphatic carboxylic acids is 1. The third kappa shape index (κ3) is 17.2. The number of carbonyl (C=O) groups is 1. The number of hydrogen-bond acceptors (Lipinski definition) is 7. The van der Waals surface area contributed by atoms with Gasteiger partial charge in [-0.15, -0.1) is 0 Å². The van der Waals surface area contributed by atoms with Crippen LogP contribution in [-0.2, 0) is 28.5 Å². The molecule has 0 atom stereocenters. The van der Waals surface area contributed by atoms with E-state index in [2.05, 4.69) is 0 Å². The van der Waals surface area contributed by atoms with E-state index in [1.54, 1.807) is 0 Å². The lowest BCUT2D eigenvalue weighted by Crippen LogP contribution is -2.15. The SMILES string of the molecule is NCCOCCOCCOCCOCCOCC(=O)O. The van der Waals surface area contributed by atoms with Crippen LogP contribution in [0.25, 0.3) is 0 Å². The van der Waals surface area contributed by atoms with E-state index in [0.29, 0.717) is 59.4 Å². The highest BCUT2D eigenvalue weighted by Crippen LogP contribution is 1.83. The molecule has 0 aliphatic carbocycles. The molecule has 0 unspecified atom stereocenters. The minimum atomic E-state index is -0.984. The highest BCUT2D eigenvalue weighted by molar-refractivity contribution is 5.67. The Labute approximate surface area is 119 Å². The standard InChI is InChI=1S/C12H25NO7/c13-1-2-16-3-4-17-5-6-18-7-8-19-9-10-20-11-12(14)15/h1-11,13H2,(H,14,15). The summed E-state index contributed by atoms with van der Waals surface area (Å²) in [5, 5.41) is 8.31. The number of ether oxygens (including phenoxy) is 5. The molecule has 0 aromatic rings. The summed E-state index contributed by atoms with van der Waals surface area (Å²) in [6.45, 7) is 4.36. The Morgan fingerprint density at radius 3 is 1.40 bits per heavy atom. The van der Waals surface area contributed by atoms with Crippen LogP contribution in [0.4, 0.5) is 0 Å². The van der Waals surface area contributed by atoms with Crippen molar-refractivity contribution in [2.24, 2.45) is 5.73 Å². The molecule has 20 heavy (non-hydrogen) atoms. The number of hydrogen-bond donors (Lipinski definition) is 2. The van der Waals surface area contributed by atoms with Gasteiger partial charge in [0.1, 0.15) is 6.61 Å². The van der Waals surface area contributed by atoms with Crippen molar-refractivity contribution < 1.29 is 33.6 Å². The van der Waals surface area contributed by atoms with Gasteiger partial charge in [0.25, 0.3) is 0 Å². The largest absolute Gasteiger partial charge is 0.480 e. The van der Waals surface area contributed by atoms with E-state index < -0.39 is 5.97 Å². The number of rotatable bonds is 16. The third-order valence-corrected chi connectivity index (χ3v) is 1.98. The third-order valence-electron chi connectivity index (χ3n) is 1.98. The van der Waals surface area contributed by atoms with Crippen molar-refractivity contribution in [3.8, 4) is 0 Å². The average molecular weight is 295 g/mol. The van der Waals surface area contributed by atoms with Crippen LogP contribution in [0, 0.1) is 0 Å². The second-order valence-corrected chi connectivity index (χ2v) is 3.68. The van der Waals surface area contributed by atoms with Gasteiger partial charge in [-0.25, -0.2) is 4.79 Å². The van der Waals surface area contributed by atoms with Crippen LogP contribution < -0.4 is 5.73 Å². The molecule has 0 saturated heterocycles. The van der Waals surface area contributed by atoms with E-state index in [-0.39, 0.29) is 13.2 Å². The molecule has 0 aromatic carbocycles. The molecule has 120 valence electrons. The summed E-state index contributed by atoms with van der Waals surface area (Å²) in [6, 6.07) is 0. The lowest BCUT2D eigenvalue weighted by atomic mass is 10.6. The summed E-state index contributed by atoms with van der Waals surface area (Å²) in [7, 11) is 0. The van der Waals surface area contributed by atoms with Crippen molar-refractivity contribution in [3.05, 3.63) is 0 Å². The molecule has 0 saturated carbocycles. The van der Waals surface area contributed by atoms with E-state index >= 15 is 0 Å². The van der Waals surface area contributed by atoms with E-state index in [1.807, 2.05) is 0 Å². The fraction of sp³-hybridized carbons (Fsp3) is 0.917. The first-order chi connectivity index (χ1) is 9.77. The topological polar surface area (TPSA) is 109 Å². The quantitative estimate of drug-likeness (QED) is 0.353. The first kappa shape index (κ1) is 19.2. The van der Waals surface area contributed by atoms with E-state index in [4.69, 9.17) is 34.5 Å². The molecule has 0 fully saturated rings. The number of carboxylic acids is 1. The molecule has 0 aromatic heterocycles. The lowest BCUT2D eigenvalue weighted by molar-refractivity contribution is -0.142. The van der Waals surface area contributed by atoms with Gasteiger partial charge in [-0.3, -0.25) is 0 Å². The highest BCUT2D eigenvalue weighted by Gasteiger charge is 1.96. The zero-order valence-corrected chi connectivity index (χ0v) is 11.8. The lowest BCUT2D eigenvalue weighted by Gasteiger charge is -2.07. The Kier molecular flexibility index (Phi) is 15.7. The van der Waals surface area contributed by atoms with E-state index in [0.717, 1.165) is 0 Å². The summed E-state index contributed by atoms with van der Waals surface area (Å²) in [5.41, 5.74) is 5.26. The Morgan fingerprint density at radius 1 is 0.700 bits per heavy atom. The molecule has 0 radical (unpaired) electrons. The maximum absolute atomic E-state index is 10.1. The molecule has 8 heteroatoms. The first-order valence-electron chi connectivity index (χ1n) is 6.58. The molecule has 0 aliphatic heterocycles. The van der Waals surface area contributed by atoms with E-state index in [1.165, 1.54) is 0 Å². The summed E-state index contributed by atoms with van der Waals surface area (Å²) < 4.78 is 25.6. The number of nitrogens with two attached hydrogens (primary N) is 1. The van der Waals surface area contributed by atoms with E-state index in [9.17, 15) is 4.79 Å². The Bertz CT molecular complexity index is 216. The zero-order chi connectivity index (χ0) is 14.9. The predicted octanol–water partition coefficient (Wildman–Crippen LogP) is -0.887. The van der Waals surface area contributed by atoms with Crippen LogP contribution in [0.1, 0.15) is 0 Å². The van der Waals surface area contributed by atoms with Crippen molar-refractivity contribution in [2.75, 3.05) is 72.6 Å². The summed E-state index contributed by atoms with van der Waals surface area (Å²) >= 11 is 0. The van der Waals surface area contributed by atoms with Crippen LogP contribution in [0.3, 0.4) is 0 Å². The van der Waals surface area contributed by atoms with Gasteiger partial charge in [0.05, 0.1) is 59.5 Å². The summed E-state index contributed by atoms with van der Waals surface area (Å²) in [4.78, 5) is 10.1. The molecular weight excluding hydrogens is 270 g/mol. The van der Waals surface area contributed by atoms with Crippen molar-refractivity contribution in [1.29, 1.82) is 0 Å². The predicted molar refractivity (Wildman–Crippen MR) is 70.8 cm³/mol. The molecule has 3 N–H and O–H groups in total. The van der Waals surface area contributed by atoms with Gasteiger partial charge in [0, 0.05) is 6.54 Å². The van der Waals surface area contributed by atoms with Gasteiger partial charge in [0.2, 0.25) is 0 Å². The molecule has 0 bridgehead atoms. The maximum Gasteiger partial charge on any atom is 0.329 e. The fourth-order valence-corrected chi connectivity index (χ4v) is 1.12. The monoisotopic (exact) mass is 295 g/mol. The minimum Gasteiger partial charge on any atom is -0.480 e. The van der Waals surface area contributed by atoms with Crippen molar-refractivity contribution in [2.45, 2.75) is 0 Å². The van der Waals surface area contributed by atoms with Crippen molar-refractivity contribution in [3.63, 3.8) is 0 Å². The molecule has 0 rings (SSSR count). The van der Waals surface area contributed by atoms with Crippen LogP contribution >= 0.6 is 0 Å². The molecule has 8 nitrogen and oxygen atoms in total. The maximum atomic E-state index is 10.1. The number of carboxylic acid groups (broad SMARTS) is 1. The van der Waals surface area contributed by atoms with Crippen LogP contribution in [0.5, 0.6) is 0 Å². The smallest absolute Gasteiger partial charge is 0.329 e. The minimum absolute atomic E-state index is 0.262. The van der Waals surface area contributed by atoms with Crippen LogP contribution in [0.2, 0.25) is 0 Å². The van der Waals surface area contributed by atoms with Crippen molar-refractivity contribution >= 4 is 5.97 Å². The van der Waals surface area contributed by atoms with Crippen LogP contribution in [0.15, 0.2) is 0 Å². The highest BCUT2D eigenvalue weighted by atomic mass is 16.6. The Morgan fingerprint density at radius 2 is 1.05 bits per heavy atom. The Balaban J connectivity index is 2.94. The second kappa shape index (κ2) is 16.3. The summed E-state index contributed by atoms with van der Waals surface area (Å²) in [6.07, 6.45) is 0. The van der Waals surface area contributed by atoms with Gasteiger partial charge in [-0.2, -0.15) is 0 Å². The Hall–Kier alpha value is -0.770. The molecule has 0 spiro atoms. The van der Waals surface area contributed by atoms with Gasteiger partial charge < -0.3 is 34.5 Å². The first-order valence-corrected chi connectivity index (χ1v) is 6.58. The summed E-state index contributed by atoms with van der Waals surface area (Å²) in [5.74, 6) is -0.984. The zero-order valence-electron chi connectivity index (χ0n) is 11.8. The molecule has 0 heterocycles. The second-order valence-electron chi connectivity index (χ2n) is 3.68. The molecule has 0 amide bonds.